The Hall–Kier alpha value is -1.74. The Morgan fingerprint density at radius 3 is 2.40 bits per heavy atom. The van der Waals surface area contributed by atoms with Crippen LogP contribution in [0.2, 0.25) is 0 Å². The van der Waals surface area contributed by atoms with E-state index in [0.717, 1.165) is 0 Å². The van der Waals surface area contributed by atoms with Gasteiger partial charge in [-0.25, -0.2) is 18.4 Å². The van der Waals surface area contributed by atoms with Crippen LogP contribution in [0.3, 0.4) is 0 Å². The number of piperazine rings is 1. The summed E-state index contributed by atoms with van der Waals surface area (Å²) in [6, 6.07) is 0. The van der Waals surface area contributed by atoms with Crippen LogP contribution in [-0.4, -0.2) is 65.4 Å². The fraction of sp³-hybridized carbons (Fsp3) is 0.545. The van der Waals surface area contributed by atoms with Crippen molar-refractivity contribution in [3.8, 4) is 0 Å². The molecule has 2 heterocycles. The first-order valence-corrected chi connectivity index (χ1v) is 7.90. The second-order valence-electron chi connectivity index (χ2n) is 4.38. The number of hydrogen-bond acceptors (Lipinski definition) is 6. The number of nitrogens with zero attached hydrogens (tertiary/aromatic N) is 4. The van der Waals surface area contributed by atoms with E-state index in [1.54, 1.807) is 11.8 Å². The van der Waals surface area contributed by atoms with Crippen LogP contribution < -0.4 is 5.73 Å². The zero-order valence-corrected chi connectivity index (χ0v) is 12.0. The Balaban J connectivity index is 2.05. The van der Waals surface area contributed by atoms with E-state index in [1.165, 1.54) is 16.7 Å². The van der Waals surface area contributed by atoms with Crippen molar-refractivity contribution in [2.45, 2.75) is 6.92 Å². The average molecular weight is 299 g/mol. The Morgan fingerprint density at radius 1 is 1.25 bits per heavy atom. The Bertz CT molecular complexity index is 596. The Kier molecular flexibility index (Phi) is 4.19. The van der Waals surface area contributed by atoms with Crippen molar-refractivity contribution in [1.82, 2.24) is 19.2 Å². The highest BCUT2D eigenvalue weighted by atomic mass is 32.2. The number of aromatic nitrogens is 2. The van der Waals surface area contributed by atoms with E-state index >= 15 is 0 Å². The number of nitrogens with two attached hydrogens (primary N) is 1. The summed E-state index contributed by atoms with van der Waals surface area (Å²) in [7, 11) is -3.20. The van der Waals surface area contributed by atoms with Crippen LogP contribution in [0, 0.1) is 0 Å². The van der Waals surface area contributed by atoms with Gasteiger partial charge in [0.05, 0.1) is 5.75 Å². The molecular weight excluding hydrogens is 282 g/mol. The molecule has 0 aliphatic carbocycles. The van der Waals surface area contributed by atoms with Gasteiger partial charge in [0, 0.05) is 38.6 Å². The highest BCUT2D eigenvalue weighted by Gasteiger charge is 2.29. The molecule has 2 N–H and O–H groups in total. The lowest BCUT2D eigenvalue weighted by Gasteiger charge is -2.33. The second-order valence-corrected chi connectivity index (χ2v) is 6.64. The van der Waals surface area contributed by atoms with E-state index in [2.05, 4.69) is 9.97 Å². The van der Waals surface area contributed by atoms with Gasteiger partial charge in [-0.05, 0) is 6.92 Å². The second kappa shape index (κ2) is 5.71. The minimum absolute atomic E-state index is 0.0675. The molecule has 110 valence electrons. The summed E-state index contributed by atoms with van der Waals surface area (Å²) in [6.07, 6.45) is 2.82. The summed E-state index contributed by atoms with van der Waals surface area (Å²) in [4.78, 5) is 21.5. The van der Waals surface area contributed by atoms with Gasteiger partial charge in [0.2, 0.25) is 10.0 Å². The highest BCUT2D eigenvalue weighted by molar-refractivity contribution is 7.89. The van der Waals surface area contributed by atoms with Crippen LogP contribution in [0.1, 0.15) is 17.4 Å². The molecule has 1 aromatic rings. The summed E-state index contributed by atoms with van der Waals surface area (Å²) in [5.41, 5.74) is 5.73. The average Bonchev–Trinajstić information content (AvgIpc) is 2.47. The van der Waals surface area contributed by atoms with Gasteiger partial charge in [-0.1, -0.05) is 0 Å². The van der Waals surface area contributed by atoms with Gasteiger partial charge in [-0.3, -0.25) is 4.79 Å². The number of amides is 1. The molecule has 0 unspecified atom stereocenters. The number of anilines is 1. The van der Waals surface area contributed by atoms with Gasteiger partial charge in [0.1, 0.15) is 0 Å². The minimum atomic E-state index is -3.20. The third-order valence-corrected chi connectivity index (χ3v) is 5.09. The number of carbonyl (C=O) groups is 1. The first-order valence-electron chi connectivity index (χ1n) is 6.29. The molecule has 8 nitrogen and oxygen atoms in total. The zero-order valence-electron chi connectivity index (χ0n) is 11.2. The molecule has 0 atom stereocenters. The van der Waals surface area contributed by atoms with Gasteiger partial charge in [0.15, 0.2) is 11.5 Å². The number of hydrogen-bond donors (Lipinski definition) is 1. The van der Waals surface area contributed by atoms with Crippen LogP contribution >= 0.6 is 0 Å². The number of carbonyl (C=O) groups excluding carboxylic acids is 1. The SMILES string of the molecule is CCS(=O)(=O)N1CCN(C(=O)c2nccnc2N)CC1. The largest absolute Gasteiger partial charge is 0.382 e. The molecule has 2 rings (SSSR count). The molecule has 1 fully saturated rings. The van der Waals surface area contributed by atoms with E-state index in [9.17, 15) is 13.2 Å². The molecule has 1 amide bonds. The molecule has 0 saturated carbocycles. The van der Waals surface area contributed by atoms with Crippen molar-refractivity contribution in [2.75, 3.05) is 37.7 Å². The summed E-state index contributed by atoms with van der Waals surface area (Å²) in [5, 5.41) is 0. The van der Waals surface area contributed by atoms with Crippen LogP contribution in [0.25, 0.3) is 0 Å². The predicted molar refractivity (Wildman–Crippen MR) is 73.4 cm³/mol. The maximum Gasteiger partial charge on any atom is 0.276 e. The third kappa shape index (κ3) is 2.88. The maximum atomic E-state index is 12.2. The molecule has 1 aliphatic heterocycles. The molecule has 0 radical (unpaired) electrons. The van der Waals surface area contributed by atoms with E-state index in [0.29, 0.717) is 26.2 Å². The van der Waals surface area contributed by atoms with Crippen LogP contribution in [0.5, 0.6) is 0 Å². The van der Waals surface area contributed by atoms with Gasteiger partial charge >= 0.3 is 0 Å². The Labute approximate surface area is 117 Å². The lowest BCUT2D eigenvalue weighted by atomic mass is 10.3. The molecule has 0 aromatic carbocycles. The summed E-state index contributed by atoms with van der Waals surface area (Å²) < 4.78 is 24.9. The first-order chi connectivity index (χ1) is 9.45. The van der Waals surface area contributed by atoms with Crippen molar-refractivity contribution in [3.05, 3.63) is 18.1 Å². The monoisotopic (exact) mass is 299 g/mol. The van der Waals surface area contributed by atoms with Gasteiger partial charge < -0.3 is 10.6 Å². The summed E-state index contributed by atoms with van der Waals surface area (Å²) in [5.74, 6) is -0.164. The lowest BCUT2D eigenvalue weighted by Crippen LogP contribution is -2.51. The van der Waals surface area contributed by atoms with Crippen molar-refractivity contribution in [1.29, 1.82) is 0 Å². The summed E-state index contributed by atoms with van der Waals surface area (Å²) in [6.45, 7) is 2.85. The topological polar surface area (TPSA) is 109 Å². The standard InChI is InChI=1S/C11H17N5O3S/c1-2-20(18,19)16-7-5-15(6-8-16)11(17)9-10(12)14-4-3-13-9/h3-4H,2,5-8H2,1H3,(H2,12,14). The molecule has 1 aliphatic rings. The molecule has 20 heavy (non-hydrogen) atoms. The maximum absolute atomic E-state index is 12.2. The van der Waals surface area contributed by atoms with Crippen molar-refractivity contribution in [3.63, 3.8) is 0 Å². The first kappa shape index (κ1) is 14.7. The van der Waals surface area contributed by atoms with Crippen LogP contribution in [0.4, 0.5) is 5.82 Å². The molecule has 0 bridgehead atoms. The molecule has 1 saturated heterocycles. The number of rotatable bonds is 3. The number of sulfonamides is 1. The van der Waals surface area contributed by atoms with Crippen LogP contribution in [0.15, 0.2) is 12.4 Å². The number of nitrogen functional groups attached to an aromatic ring is 1. The Morgan fingerprint density at radius 2 is 1.85 bits per heavy atom. The minimum Gasteiger partial charge on any atom is -0.382 e. The lowest BCUT2D eigenvalue weighted by molar-refractivity contribution is 0.0693. The van der Waals surface area contributed by atoms with Crippen LogP contribution in [-0.2, 0) is 10.0 Å². The van der Waals surface area contributed by atoms with E-state index in [4.69, 9.17) is 5.73 Å². The predicted octanol–water partition coefficient (Wildman–Crippen LogP) is -0.834. The summed E-state index contributed by atoms with van der Waals surface area (Å²) >= 11 is 0. The molecule has 9 heteroatoms. The van der Waals surface area contributed by atoms with Crippen molar-refractivity contribution < 1.29 is 13.2 Å². The van der Waals surface area contributed by atoms with Crippen molar-refractivity contribution >= 4 is 21.7 Å². The normalized spacial score (nSPS) is 17.1. The third-order valence-electron chi connectivity index (χ3n) is 3.21. The van der Waals surface area contributed by atoms with E-state index < -0.39 is 10.0 Å². The van der Waals surface area contributed by atoms with E-state index in [1.807, 2.05) is 0 Å². The van der Waals surface area contributed by atoms with Gasteiger partial charge in [-0.2, -0.15) is 4.31 Å². The molecular formula is C11H17N5O3S. The zero-order chi connectivity index (χ0) is 14.8. The van der Waals surface area contributed by atoms with E-state index in [-0.39, 0.29) is 23.2 Å². The molecule has 1 aromatic heterocycles. The molecule has 0 spiro atoms. The fourth-order valence-electron chi connectivity index (χ4n) is 2.02. The van der Waals surface area contributed by atoms with Crippen molar-refractivity contribution in [2.24, 2.45) is 0 Å². The van der Waals surface area contributed by atoms with Gasteiger partial charge in [-0.15, -0.1) is 0 Å². The smallest absolute Gasteiger partial charge is 0.276 e. The fourth-order valence-corrected chi connectivity index (χ4v) is 3.10. The van der Waals surface area contributed by atoms with Gasteiger partial charge in [0.25, 0.3) is 5.91 Å². The highest BCUT2D eigenvalue weighted by Crippen LogP contribution is 2.12. The quantitative estimate of drug-likeness (QED) is 0.780.